The maximum absolute atomic E-state index is 12.8. The molecule has 0 aromatic heterocycles. The largest absolute Gasteiger partial charge is 0.497 e. The van der Waals surface area contributed by atoms with Gasteiger partial charge in [-0.25, -0.2) is 0 Å². The predicted molar refractivity (Wildman–Crippen MR) is 109 cm³/mol. The van der Waals surface area contributed by atoms with Gasteiger partial charge in [0, 0.05) is 37.6 Å². The Kier molecular flexibility index (Phi) is 4.92. The number of hydrogen-bond donors (Lipinski definition) is 1. The lowest BCUT2D eigenvalue weighted by Crippen LogP contribution is -2.61. The average molecular weight is 365 g/mol. The zero-order valence-electron chi connectivity index (χ0n) is 16.0. The summed E-state index contributed by atoms with van der Waals surface area (Å²) in [6.45, 7) is 5.37. The zero-order chi connectivity index (χ0) is 18.8. The summed E-state index contributed by atoms with van der Waals surface area (Å²) in [4.78, 5) is 17.6. The number of piperazine rings is 1. The van der Waals surface area contributed by atoms with E-state index < -0.39 is 0 Å². The van der Waals surface area contributed by atoms with E-state index in [9.17, 15) is 4.79 Å². The Morgan fingerprint density at radius 1 is 1.15 bits per heavy atom. The van der Waals surface area contributed by atoms with Crippen LogP contribution in [0.4, 0.5) is 11.4 Å². The number of amides is 1. The SMILES string of the molecule is CCNC(=O)[C@@H]1Cc2ccccc2N2CCN(c3ccc(OC)cc3)C[C@H]12. The zero-order valence-corrected chi connectivity index (χ0v) is 16.0. The molecule has 0 spiro atoms. The van der Waals surface area contributed by atoms with Crippen molar-refractivity contribution in [2.24, 2.45) is 5.92 Å². The van der Waals surface area contributed by atoms with Crippen molar-refractivity contribution in [3.05, 3.63) is 54.1 Å². The molecule has 2 aromatic carbocycles. The summed E-state index contributed by atoms with van der Waals surface area (Å²) < 4.78 is 5.28. The summed E-state index contributed by atoms with van der Waals surface area (Å²) in [7, 11) is 1.68. The lowest BCUT2D eigenvalue weighted by atomic mass is 9.83. The van der Waals surface area contributed by atoms with E-state index >= 15 is 0 Å². The molecule has 0 unspecified atom stereocenters. The van der Waals surface area contributed by atoms with Gasteiger partial charge in [0.2, 0.25) is 5.91 Å². The summed E-state index contributed by atoms with van der Waals surface area (Å²) in [5.41, 5.74) is 3.75. The van der Waals surface area contributed by atoms with Crippen molar-refractivity contribution in [3.8, 4) is 5.75 Å². The minimum absolute atomic E-state index is 0.0269. The van der Waals surface area contributed by atoms with Gasteiger partial charge in [-0.15, -0.1) is 0 Å². The molecule has 27 heavy (non-hydrogen) atoms. The van der Waals surface area contributed by atoms with Gasteiger partial charge >= 0.3 is 0 Å². The highest BCUT2D eigenvalue weighted by Crippen LogP contribution is 2.37. The average Bonchev–Trinajstić information content (AvgIpc) is 2.73. The summed E-state index contributed by atoms with van der Waals surface area (Å²) in [6.07, 6.45) is 0.805. The first-order chi connectivity index (χ1) is 13.2. The van der Waals surface area contributed by atoms with Gasteiger partial charge in [0.15, 0.2) is 0 Å². The molecule has 0 saturated carbocycles. The van der Waals surface area contributed by atoms with Crippen LogP contribution >= 0.6 is 0 Å². The fourth-order valence-corrected chi connectivity index (χ4v) is 4.39. The molecule has 2 heterocycles. The van der Waals surface area contributed by atoms with Gasteiger partial charge in [-0.1, -0.05) is 18.2 Å². The maximum Gasteiger partial charge on any atom is 0.225 e. The number of methoxy groups -OCH3 is 1. The molecule has 2 atom stereocenters. The van der Waals surface area contributed by atoms with Gasteiger partial charge in [-0.3, -0.25) is 4.79 Å². The van der Waals surface area contributed by atoms with Crippen molar-refractivity contribution < 1.29 is 9.53 Å². The normalized spacial score (nSPS) is 21.3. The van der Waals surface area contributed by atoms with Crippen LogP contribution in [0.15, 0.2) is 48.5 Å². The Labute approximate surface area is 160 Å². The molecule has 142 valence electrons. The van der Waals surface area contributed by atoms with Gasteiger partial charge in [0.05, 0.1) is 19.1 Å². The first-order valence-electron chi connectivity index (χ1n) is 9.72. The lowest BCUT2D eigenvalue weighted by molar-refractivity contribution is -0.125. The molecular formula is C22H27N3O2. The first kappa shape index (κ1) is 17.7. The van der Waals surface area contributed by atoms with E-state index in [4.69, 9.17) is 4.74 Å². The van der Waals surface area contributed by atoms with E-state index in [0.29, 0.717) is 6.54 Å². The highest BCUT2D eigenvalue weighted by molar-refractivity contribution is 5.82. The van der Waals surface area contributed by atoms with Crippen LogP contribution in [0, 0.1) is 5.92 Å². The fourth-order valence-electron chi connectivity index (χ4n) is 4.39. The number of nitrogens with zero attached hydrogens (tertiary/aromatic N) is 2. The van der Waals surface area contributed by atoms with E-state index in [-0.39, 0.29) is 17.9 Å². The van der Waals surface area contributed by atoms with Crippen LogP contribution in [0.25, 0.3) is 0 Å². The van der Waals surface area contributed by atoms with Crippen LogP contribution in [-0.4, -0.2) is 45.2 Å². The molecule has 2 aliphatic rings. The molecule has 1 fully saturated rings. The van der Waals surface area contributed by atoms with Crippen molar-refractivity contribution in [1.29, 1.82) is 0 Å². The maximum atomic E-state index is 12.8. The number of benzene rings is 2. The second-order valence-corrected chi connectivity index (χ2v) is 7.24. The van der Waals surface area contributed by atoms with Crippen molar-refractivity contribution >= 4 is 17.3 Å². The molecule has 5 heteroatoms. The van der Waals surface area contributed by atoms with E-state index in [1.165, 1.54) is 16.9 Å². The van der Waals surface area contributed by atoms with E-state index in [0.717, 1.165) is 31.8 Å². The Balaban J connectivity index is 1.62. The number of anilines is 2. The van der Waals surface area contributed by atoms with Crippen LogP contribution in [-0.2, 0) is 11.2 Å². The second-order valence-electron chi connectivity index (χ2n) is 7.24. The third kappa shape index (κ3) is 3.34. The quantitative estimate of drug-likeness (QED) is 0.905. The Morgan fingerprint density at radius 2 is 1.93 bits per heavy atom. The van der Waals surface area contributed by atoms with Gasteiger partial charge in [-0.05, 0) is 49.2 Å². The minimum Gasteiger partial charge on any atom is -0.497 e. The standard InChI is InChI=1S/C22H27N3O2/c1-3-23-22(26)19-14-16-6-4-5-7-20(16)25-13-12-24(15-21(19)25)17-8-10-18(27-2)11-9-17/h4-11,19,21H,3,12-15H2,1-2H3,(H,23,26)/t19-,21-/m1/s1. The van der Waals surface area contributed by atoms with Crippen LogP contribution in [0.1, 0.15) is 12.5 Å². The Hall–Kier alpha value is -2.69. The third-order valence-corrected chi connectivity index (χ3v) is 5.75. The molecule has 5 nitrogen and oxygen atoms in total. The third-order valence-electron chi connectivity index (χ3n) is 5.75. The first-order valence-corrected chi connectivity index (χ1v) is 9.72. The summed E-state index contributed by atoms with van der Waals surface area (Å²) in [5, 5.41) is 3.05. The molecule has 2 aromatic rings. The van der Waals surface area contributed by atoms with Crippen molar-refractivity contribution in [2.45, 2.75) is 19.4 Å². The van der Waals surface area contributed by atoms with E-state index in [2.05, 4.69) is 51.5 Å². The highest BCUT2D eigenvalue weighted by atomic mass is 16.5. The number of carbonyl (C=O) groups is 1. The number of rotatable bonds is 4. The van der Waals surface area contributed by atoms with Gasteiger partial charge in [0.25, 0.3) is 0 Å². The fraction of sp³-hybridized carbons (Fsp3) is 0.409. The van der Waals surface area contributed by atoms with Crippen molar-refractivity contribution in [2.75, 3.05) is 43.1 Å². The summed E-state index contributed by atoms with van der Waals surface area (Å²) >= 11 is 0. The smallest absolute Gasteiger partial charge is 0.225 e. The topological polar surface area (TPSA) is 44.8 Å². The number of nitrogens with one attached hydrogen (secondary N) is 1. The molecule has 4 rings (SSSR count). The van der Waals surface area contributed by atoms with Crippen LogP contribution in [0.3, 0.4) is 0 Å². The molecule has 1 saturated heterocycles. The number of carbonyl (C=O) groups excluding carboxylic acids is 1. The van der Waals surface area contributed by atoms with Gasteiger partial charge < -0.3 is 19.9 Å². The summed E-state index contributed by atoms with van der Waals surface area (Å²) in [5.74, 6) is 1.00. The molecular weight excluding hydrogens is 338 g/mol. The molecule has 0 aliphatic carbocycles. The Morgan fingerprint density at radius 3 is 2.67 bits per heavy atom. The van der Waals surface area contributed by atoms with Crippen LogP contribution in [0.2, 0.25) is 0 Å². The van der Waals surface area contributed by atoms with Gasteiger partial charge in [0.1, 0.15) is 5.75 Å². The monoisotopic (exact) mass is 365 g/mol. The number of ether oxygens (including phenoxy) is 1. The van der Waals surface area contributed by atoms with E-state index in [1.54, 1.807) is 7.11 Å². The number of hydrogen-bond acceptors (Lipinski definition) is 4. The number of fused-ring (bicyclic) bond motifs is 3. The molecule has 0 bridgehead atoms. The lowest BCUT2D eigenvalue weighted by Gasteiger charge is -2.49. The van der Waals surface area contributed by atoms with E-state index in [1.807, 2.05) is 19.1 Å². The number of para-hydroxylation sites is 1. The molecule has 2 aliphatic heterocycles. The molecule has 1 N–H and O–H groups in total. The van der Waals surface area contributed by atoms with Crippen LogP contribution in [0.5, 0.6) is 5.75 Å². The minimum atomic E-state index is -0.0269. The van der Waals surface area contributed by atoms with Crippen LogP contribution < -0.4 is 19.9 Å². The highest BCUT2D eigenvalue weighted by Gasteiger charge is 2.41. The predicted octanol–water partition coefficient (Wildman–Crippen LogP) is 2.70. The molecule has 0 radical (unpaired) electrons. The summed E-state index contributed by atoms with van der Waals surface area (Å²) in [6, 6.07) is 16.9. The van der Waals surface area contributed by atoms with Gasteiger partial charge in [-0.2, -0.15) is 0 Å². The van der Waals surface area contributed by atoms with Crippen molar-refractivity contribution in [1.82, 2.24) is 5.32 Å². The molecule has 1 amide bonds. The van der Waals surface area contributed by atoms with Crippen molar-refractivity contribution in [3.63, 3.8) is 0 Å². The second kappa shape index (κ2) is 7.51. The Bertz CT molecular complexity index is 805.